The van der Waals surface area contributed by atoms with Crippen LogP contribution in [0.3, 0.4) is 0 Å². The number of hydrogen-bond donors (Lipinski definition) is 1. The minimum absolute atomic E-state index is 0.375. The number of aromatic nitrogens is 1. The zero-order valence-corrected chi connectivity index (χ0v) is 13.9. The number of nitrogens with zero attached hydrogens (tertiary/aromatic N) is 1. The summed E-state index contributed by atoms with van der Waals surface area (Å²) in [5.74, 6) is 2.64. The van der Waals surface area contributed by atoms with Gasteiger partial charge >= 0.3 is 0 Å². The van der Waals surface area contributed by atoms with Crippen LogP contribution >= 0.6 is 0 Å². The average Bonchev–Trinajstić information content (AvgIpc) is 3.07. The molecule has 0 spiro atoms. The van der Waals surface area contributed by atoms with Gasteiger partial charge in [-0.1, -0.05) is 25.8 Å². The molecule has 0 aromatic carbocycles. The normalized spacial score (nSPS) is 30.3. The third kappa shape index (κ3) is 3.20. The molecule has 3 atom stereocenters. The molecule has 2 bridgehead atoms. The Morgan fingerprint density at radius 3 is 3.04 bits per heavy atom. The molecular formula is C20H26N2O. The van der Waals surface area contributed by atoms with Crippen molar-refractivity contribution in [1.82, 2.24) is 10.3 Å². The fraction of sp³-hybridized carbons (Fsp3) is 0.550. The first-order valence-electron chi connectivity index (χ1n) is 8.96. The fourth-order valence-electron chi connectivity index (χ4n) is 4.81. The number of nitrogens with one attached hydrogen (secondary N) is 1. The Kier molecular flexibility index (Phi) is 3.98. The molecule has 2 fully saturated rings. The summed E-state index contributed by atoms with van der Waals surface area (Å²) >= 11 is 0. The molecule has 0 saturated heterocycles. The van der Waals surface area contributed by atoms with Gasteiger partial charge in [0.1, 0.15) is 5.69 Å². The standard InChI is InChI=1S/C20H26N2O/c1-15-10-16-4-2-8-20(11-15,12-16)22-14-17-6-7-18(21-13-17)19-5-3-9-23-19/h3,5-7,9,13,15-16,22H,2,4,8,10-12,14H2,1H3. The van der Waals surface area contributed by atoms with Crippen LogP contribution in [0.25, 0.3) is 11.5 Å². The molecule has 2 aliphatic carbocycles. The average molecular weight is 310 g/mol. The van der Waals surface area contributed by atoms with Gasteiger partial charge < -0.3 is 9.73 Å². The van der Waals surface area contributed by atoms with Crippen molar-refractivity contribution >= 4 is 0 Å². The van der Waals surface area contributed by atoms with E-state index in [1.165, 1.54) is 44.1 Å². The van der Waals surface area contributed by atoms with Gasteiger partial charge in [-0.25, -0.2) is 0 Å². The summed E-state index contributed by atoms with van der Waals surface area (Å²) in [5.41, 5.74) is 2.54. The molecule has 0 radical (unpaired) electrons. The lowest BCUT2D eigenvalue weighted by molar-refractivity contribution is 0.0825. The Labute approximate surface area is 138 Å². The monoisotopic (exact) mass is 310 g/mol. The summed E-state index contributed by atoms with van der Waals surface area (Å²) < 4.78 is 5.40. The van der Waals surface area contributed by atoms with Crippen LogP contribution < -0.4 is 5.32 Å². The van der Waals surface area contributed by atoms with Gasteiger partial charge in [0.05, 0.1) is 6.26 Å². The minimum Gasteiger partial charge on any atom is -0.463 e. The van der Waals surface area contributed by atoms with Crippen LogP contribution in [0, 0.1) is 11.8 Å². The maximum absolute atomic E-state index is 5.40. The van der Waals surface area contributed by atoms with Gasteiger partial charge in [-0.3, -0.25) is 4.98 Å². The number of hydrogen-bond acceptors (Lipinski definition) is 3. The second kappa shape index (κ2) is 6.12. The highest BCUT2D eigenvalue weighted by Gasteiger charge is 2.41. The third-order valence-corrected chi connectivity index (χ3v) is 5.69. The van der Waals surface area contributed by atoms with Gasteiger partial charge in [-0.15, -0.1) is 0 Å². The van der Waals surface area contributed by atoms with Crippen molar-refractivity contribution in [3.05, 3.63) is 42.3 Å². The van der Waals surface area contributed by atoms with Crippen LogP contribution in [-0.2, 0) is 6.54 Å². The molecule has 3 heteroatoms. The van der Waals surface area contributed by atoms with Crippen molar-refractivity contribution in [2.24, 2.45) is 11.8 Å². The molecule has 2 saturated carbocycles. The molecular weight excluding hydrogens is 284 g/mol. The second-order valence-electron chi connectivity index (χ2n) is 7.67. The van der Waals surface area contributed by atoms with E-state index < -0.39 is 0 Å². The summed E-state index contributed by atoms with van der Waals surface area (Å²) in [6.45, 7) is 3.35. The first-order valence-corrected chi connectivity index (χ1v) is 8.96. The van der Waals surface area contributed by atoms with E-state index in [1.807, 2.05) is 18.3 Å². The first-order chi connectivity index (χ1) is 11.2. The van der Waals surface area contributed by atoms with Crippen molar-refractivity contribution < 1.29 is 4.42 Å². The molecule has 4 rings (SSSR count). The van der Waals surface area contributed by atoms with E-state index in [9.17, 15) is 0 Å². The van der Waals surface area contributed by atoms with Crippen molar-refractivity contribution in [2.75, 3.05) is 0 Å². The van der Waals surface area contributed by atoms with E-state index in [1.54, 1.807) is 6.26 Å². The van der Waals surface area contributed by atoms with Crippen LogP contribution in [0.2, 0.25) is 0 Å². The van der Waals surface area contributed by atoms with E-state index >= 15 is 0 Å². The summed E-state index contributed by atoms with van der Waals surface area (Å²) in [4.78, 5) is 4.54. The zero-order chi connectivity index (χ0) is 15.7. The Bertz CT molecular complexity index is 630. The van der Waals surface area contributed by atoms with E-state index in [0.717, 1.165) is 29.8 Å². The molecule has 3 nitrogen and oxygen atoms in total. The zero-order valence-electron chi connectivity index (χ0n) is 13.9. The van der Waals surface area contributed by atoms with Crippen LogP contribution in [0.1, 0.15) is 51.0 Å². The summed E-state index contributed by atoms with van der Waals surface area (Å²) in [7, 11) is 0. The second-order valence-corrected chi connectivity index (χ2v) is 7.67. The molecule has 2 aromatic heterocycles. The molecule has 23 heavy (non-hydrogen) atoms. The van der Waals surface area contributed by atoms with Crippen LogP contribution in [0.4, 0.5) is 0 Å². The Hall–Kier alpha value is -1.61. The van der Waals surface area contributed by atoms with Gasteiger partial charge in [-0.2, -0.15) is 0 Å². The Morgan fingerprint density at radius 2 is 2.26 bits per heavy atom. The molecule has 2 heterocycles. The number of furan rings is 1. The fourth-order valence-corrected chi connectivity index (χ4v) is 4.81. The SMILES string of the molecule is CC1CC2CCCC(NCc3ccc(-c4ccco4)nc3)(C1)C2. The number of rotatable bonds is 4. The van der Waals surface area contributed by atoms with E-state index in [0.29, 0.717) is 5.54 Å². The number of fused-ring (bicyclic) bond motifs is 2. The Morgan fingerprint density at radius 1 is 1.30 bits per heavy atom. The highest BCUT2D eigenvalue weighted by Crippen LogP contribution is 2.45. The predicted octanol–water partition coefficient (Wildman–Crippen LogP) is 4.79. The third-order valence-electron chi connectivity index (χ3n) is 5.69. The van der Waals surface area contributed by atoms with Crippen molar-refractivity contribution in [1.29, 1.82) is 0 Å². The molecule has 2 aliphatic rings. The maximum atomic E-state index is 5.40. The van der Waals surface area contributed by atoms with Crippen molar-refractivity contribution in [3.63, 3.8) is 0 Å². The minimum atomic E-state index is 0.375. The molecule has 1 N–H and O–H groups in total. The molecule has 2 aromatic rings. The van der Waals surface area contributed by atoms with E-state index in [-0.39, 0.29) is 0 Å². The molecule has 3 unspecified atom stereocenters. The van der Waals surface area contributed by atoms with Gasteiger partial charge in [-0.05, 0) is 61.3 Å². The lowest BCUT2D eigenvalue weighted by Gasteiger charge is -2.48. The van der Waals surface area contributed by atoms with Crippen LogP contribution in [0.5, 0.6) is 0 Å². The van der Waals surface area contributed by atoms with E-state index in [2.05, 4.69) is 29.4 Å². The van der Waals surface area contributed by atoms with Gasteiger partial charge in [0, 0.05) is 18.3 Å². The highest BCUT2D eigenvalue weighted by atomic mass is 16.3. The lowest BCUT2D eigenvalue weighted by atomic mass is 9.64. The Balaban J connectivity index is 1.42. The number of pyridine rings is 1. The van der Waals surface area contributed by atoms with Crippen LogP contribution in [-0.4, -0.2) is 10.5 Å². The predicted molar refractivity (Wildman–Crippen MR) is 91.9 cm³/mol. The molecule has 0 aliphatic heterocycles. The molecule has 122 valence electrons. The molecule has 0 amide bonds. The van der Waals surface area contributed by atoms with Crippen molar-refractivity contribution in [3.8, 4) is 11.5 Å². The summed E-state index contributed by atoms with van der Waals surface area (Å²) in [6.07, 6.45) is 12.0. The lowest BCUT2D eigenvalue weighted by Crippen LogP contribution is -2.52. The van der Waals surface area contributed by atoms with Gasteiger partial charge in [0.25, 0.3) is 0 Å². The topological polar surface area (TPSA) is 38.1 Å². The summed E-state index contributed by atoms with van der Waals surface area (Å²) in [6, 6.07) is 8.07. The van der Waals surface area contributed by atoms with Gasteiger partial charge in [0.2, 0.25) is 0 Å². The quantitative estimate of drug-likeness (QED) is 0.882. The summed E-state index contributed by atoms with van der Waals surface area (Å²) in [5, 5.41) is 3.90. The van der Waals surface area contributed by atoms with Crippen LogP contribution in [0.15, 0.2) is 41.1 Å². The maximum Gasteiger partial charge on any atom is 0.152 e. The first kappa shape index (κ1) is 14.9. The largest absolute Gasteiger partial charge is 0.463 e. The van der Waals surface area contributed by atoms with Crippen molar-refractivity contribution in [2.45, 2.75) is 57.5 Å². The van der Waals surface area contributed by atoms with E-state index in [4.69, 9.17) is 4.42 Å². The van der Waals surface area contributed by atoms with Gasteiger partial charge in [0.15, 0.2) is 5.76 Å². The highest BCUT2D eigenvalue weighted by molar-refractivity contribution is 5.51. The smallest absolute Gasteiger partial charge is 0.152 e.